The summed E-state index contributed by atoms with van der Waals surface area (Å²) < 4.78 is 38.0. The SMILES string of the molecule is CON(C)C(=O)c1ccc(N2CC2(Cl)C(F)(F)F)cc1. The maximum atomic E-state index is 12.7. The van der Waals surface area contributed by atoms with Crippen LogP contribution in [0.25, 0.3) is 0 Å². The van der Waals surface area contributed by atoms with Gasteiger partial charge in [0.2, 0.25) is 5.00 Å². The second-order valence-electron chi connectivity index (χ2n) is 4.38. The van der Waals surface area contributed by atoms with Gasteiger partial charge in [-0.05, 0) is 24.3 Å². The van der Waals surface area contributed by atoms with Crippen molar-refractivity contribution < 1.29 is 22.8 Å². The van der Waals surface area contributed by atoms with Gasteiger partial charge < -0.3 is 4.90 Å². The van der Waals surface area contributed by atoms with E-state index in [0.717, 1.165) is 9.96 Å². The van der Waals surface area contributed by atoms with Gasteiger partial charge in [-0.2, -0.15) is 13.2 Å². The van der Waals surface area contributed by atoms with Crippen LogP contribution in [0, 0.1) is 0 Å². The molecule has 20 heavy (non-hydrogen) atoms. The zero-order chi connectivity index (χ0) is 15.1. The van der Waals surface area contributed by atoms with Crippen molar-refractivity contribution in [2.24, 2.45) is 0 Å². The largest absolute Gasteiger partial charge is 0.427 e. The van der Waals surface area contributed by atoms with Gasteiger partial charge in [-0.15, -0.1) is 0 Å². The van der Waals surface area contributed by atoms with Gasteiger partial charge in [0, 0.05) is 18.3 Å². The highest BCUT2D eigenvalue weighted by Gasteiger charge is 2.69. The minimum Gasteiger partial charge on any atom is -0.340 e. The molecule has 1 aliphatic rings. The molecule has 0 aromatic heterocycles. The van der Waals surface area contributed by atoms with Crippen LogP contribution in [0.1, 0.15) is 10.4 Å². The van der Waals surface area contributed by atoms with Crippen molar-refractivity contribution in [1.82, 2.24) is 5.06 Å². The van der Waals surface area contributed by atoms with E-state index in [1.807, 2.05) is 0 Å². The Balaban J connectivity index is 2.13. The molecular formula is C12H12ClF3N2O2. The molecule has 0 bridgehead atoms. The molecule has 1 saturated heterocycles. The number of carbonyl (C=O) groups is 1. The first-order chi connectivity index (χ1) is 9.20. The number of anilines is 1. The van der Waals surface area contributed by atoms with Gasteiger partial charge in [-0.25, -0.2) is 5.06 Å². The van der Waals surface area contributed by atoms with Gasteiger partial charge in [-0.1, -0.05) is 11.6 Å². The normalized spacial score (nSPS) is 21.8. The number of hydrogen-bond acceptors (Lipinski definition) is 3. The Labute approximate surface area is 118 Å². The number of carbonyl (C=O) groups excluding carboxylic acids is 1. The first-order valence-electron chi connectivity index (χ1n) is 5.66. The van der Waals surface area contributed by atoms with Gasteiger partial charge in [0.05, 0.1) is 13.7 Å². The number of alkyl halides is 4. The lowest BCUT2D eigenvalue weighted by atomic mass is 10.2. The fourth-order valence-electron chi connectivity index (χ4n) is 1.76. The molecule has 1 unspecified atom stereocenters. The minimum absolute atomic E-state index is 0.302. The van der Waals surface area contributed by atoms with Crippen molar-refractivity contribution in [3.05, 3.63) is 29.8 Å². The van der Waals surface area contributed by atoms with E-state index in [1.165, 1.54) is 38.4 Å². The number of halogens is 4. The Kier molecular flexibility index (Phi) is 3.60. The number of amides is 1. The monoisotopic (exact) mass is 308 g/mol. The van der Waals surface area contributed by atoms with E-state index in [-0.39, 0.29) is 6.54 Å². The molecule has 1 aromatic rings. The Morgan fingerprint density at radius 3 is 2.35 bits per heavy atom. The van der Waals surface area contributed by atoms with Crippen LogP contribution in [-0.2, 0) is 4.84 Å². The third-order valence-electron chi connectivity index (χ3n) is 3.11. The third kappa shape index (κ3) is 2.43. The molecule has 1 aliphatic heterocycles. The molecule has 0 spiro atoms. The summed E-state index contributed by atoms with van der Waals surface area (Å²) in [5.74, 6) is -0.391. The Hall–Kier alpha value is -1.47. The van der Waals surface area contributed by atoms with Gasteiger partial charge in [0.25, 0.3) is 5.91 Å². The number of hydrogen-bond donors (Lipinski definition) is 0. The van der Waals surface area contributed by atoms with Crippen molar-refractivity contribution in [3.63, 3.8) is 0 Å². The summed E-state index contributed by atoms with van der Waals surface area (Å²) in [4.78, 5) is 15.2. The molecule has 0 aliphatic carbocycles. The van der Waals surface area contributed by atoms with E-state index in [2.05, 4.69) is 0 Å². The second kappa shape index (κ2) is 4.82. The van der Waals surface area contributed by atoms with E-state index in [4.69, 9.17) is 16.4 Å². The van der Waals surface area contributed by atoms with E-state index in [1.54, 1.807) is 0 Å². The lowest BCUT2D eigenvalue weighted by molar-refractivity contribution is -0.136. The van der Waals surface area contributed by atoms with Crippen LogP contribution < -0.4 is 4.90 Å². The maximum absolute atomic E-state index is 12.7. The lowest BCUT2D eigenvalue weighted by Gasteiger charge is -2.16. The van der Waals surface area contributed by atoms with Crippen molar-refractivity contribution >= 4 is 23.2 Å². The summed E-state index contributed by atoms with van der Waals surface area (Å²) in [6.45, 7) is -0.302. The summed E-state index contributed by atoms with van der Waals surface area (Å²) >= 11 is 5.50. The fourth-order valence-corrected chi connectivity index (χ4v) is 1.98. The van der Waals surface area contributed by atoms with E-state index < -0.39 is 17.1 Å². The van der Waals surface area contributed by atoms with Crippen LogP contribution in [0.15, 0.2) is 24.3 Å². The zero-order valence-corrected chi connectivity index (χ0v) is 11.5. The predicted molar refractivity (Wildman–Crippen MR) is 67.5 cm³/mol. The number of benzene rings is 1. The molecule has 1 aromatic carbocycles. The van der Waals surface area contributed by atoms with E-state index in [0.29, 0.717) is 11.3 Å². The average Bonchev–Trinajstić information content (AvgIpc) is 3.11. The molecule has 4 nitrogen and oxygen atoms in total. The highest BCUT2D eigenvalue weighted by molar-refractivity contribution is 6.29. The quantitative estimate of drug-likeness (QED) is 0.372. The standard InChI is InChI=1S/C12H12ClF3N2O2/c1-17(20-2)10(19)8-3-5-9(6-4-8)18-7-11(18,13)12(14,15)16/h3-6H,7H2,1-2H3. The van der Waals surface area contributed by atoms with Crippen LogP contribution in [0.3, 0.4) is 0 Å². The molecule has 0 saturated carbocycles. The summed E-state index contributed by atoms with van der Waals surface area (Å²) in [6.07, 6.45) is -4.50. The average molecular weight is 309 g/mol. The predicted octanol–water partition coefficient (Wildman–Crippen LogP) is 2.64. The van der Waals surface area contributed by atoms with Crippen LogP contribution in [0.2, 0.25) is 0 Å². The van der Waals surface area contributed by atoms with Crippen molar-refractivity contribution in [3.8, 4) is 0 Å². The molecule has 110 valence electrons. The number of hydroxylamine groups is 2. The molecule has 8 heteroatoms. The molecular weight excluding hydrogens is 297 g/mol. The molecule has 1 amide bonds. The van der Waals surface area contributed by atoms with Gasteiger partial charge in [-0.3, -0.25) is 9.63 Å². The van der Waals surface area contributed by atoms with Gasteiger partial charge >= 0.3 is 6.18 Å². The second-order valence-corrected chi connectivity index (χ2v) is 5.00. The molecule has 0 radical (unpaired) electrons. The summed E-state index contributed by atoms with van der Waals surface area (Å²) in [7, 11) is 2.78. The smallest absolute Gasteiger partial charge is 0.340 e. The summed E-state index contributed by atoms with van der Waals surface area (Å²) in [5.41, 5.74) is 0.626. The molecule has 1 atom stereocenters. The van der Waals surface area contributed by atoms with Crippen molar-refractivity contribution in [2.45, 2.75) is 11.2 Å². The van der Waals surface area contributed by atoms with Crippen LogP contribution >= 0.6 is 11.6 Å². The maximum Gasteiger partial charge on any atom is 0.427 e. The number of nitrogens with zero attached hydrogens (tertiary/aromatic N) is 2. The zero-order valence-electron chi connectivity index (χ0n) is 10.7. The lowest BCUT2D eigenvalue weighted by Crippen LogP contribution is -2.31. The molecule has 1 fully saturated rings. The van der Waals surface area contributed by atoms with Gasteiger partial charge in [0.1, 0.15) is 0 Å². The van der Waals surface area contributed by atoms with Crippen LogP contribution in [0.5, 0.6) is 0 Å². The van der Waals surface area contributed by atoms with Crippen LogP contribution in [0.4, 0.5) is 18.9 Å². The molecule has 0 N–H and O–H groups in total. The molecule has 1 heterocycles. The first-order valence-corrected chi connectivity index (χ1v) is 6.04. The Bertz CT molecular complexity index is 520. The topological polar surface area (TPSA) is 32.5 Å². The highest BCUT2D eigenvalue weighted by Crippen LogP contribution is 2.52. The highest BCUT2D eigenvalue weighted by atomic mass is 35.5. The Morgan fingerprint density at radius 1 is 1.40 bits per heavy atom. The first kappa shape index (κ1) is 14.9. The van der Waals surface area contributed by atoms with Crippen LogP contribution in [-0.4, -0.2) is 42.8 Å². The minimum atomic E-state index is -4.50. The Morgan fingerprint density at radius 2 is 1.95 bits per heavy atom. The van der Waals surface area contributed by atoms with Gasteiger partial charge in [0.15, 0.2) is 0 Å². The third-order valence-corrected chi connectivity index (χ3v) is 3.65. The summed E-state index contributed by atoms with van der Waals surface area (Å²) in [5, 5.41) is 1.02. The van der Waals surface area contributed by atoms with E-state index >= 15 is 0 Å². The van der Waals surface area contributed by atoms with Crippen molar-refractivity contribution in [1.29, 1.82) is 0 Å². The fraction of sp³-hybridized carbons (Fsp3) is 0.417. The molecule has 2 rings (SSSR count). The number of rotatable bonds is 3. The summed E-state index contributed by atoms with van der Waals surface area (Å²) in [6, 6.07) is 5.71. The van der Waals surface area contributed by atoms with Crippen molar-refractivity contribution in [2.75, 3.05) is 25.6 Å². The van der Waals surface area contributed by atoms with E-state index in [9.17, 15) is 18.0 Å².